The van der Waals surface area contributed by atoms with Crippen LogP contribution in [-0.4, -0.2) is 14.2 Å². The third-order valence-electron chi connectivity index (χ3n) is 2.91. The summed E-state index contributed by atoms with van der Waals surface area (Å²) >= 11 is 0. The molecule has 92 valence electrons. The van der Waals surface area contributed by atoms with Crippen LogP contribution in [0.2, 0.25) is 0 Å². The zero-order valence-corrected chi connectivity index (χ0v) is 11.1. The molecule has 0 aliphatic heterocycles. The van der Waals surface area contributed by atoms with Gasteiger partial charge in [0.1, 0.15) is 0 Å². The van der Waals surface area contributed by atoms with Crippen LogP contribution in [0.1, 0.15) is 30.9 Å². The highest BCUT2D eigenvalue weighted by molar-refractivity contribution is 5.49. The molecule has 1 aromatic carbocycles. The molecule has 0 aliphatic carbocycles. The highest BCUT2D eigenvalue weighted by Gasteiger charge is 2.19. The molecule has 0 aliphatic rings. The second-order valence-electron chi connectivity index (χ2n) is 4.41. The van der Waals surface area contributed by atoms with Gasteiger partial charge in [-0.25, -0.2) is 0 Å². The van der Waals surface area contributed by atoms with Gasteiger partial charge < -0.3 is 9.47 Å². The van der Waals surface area contributed by atoms with E-state index in [0.29, 0.717) is 11.5 Å². The molecule has 0 bridgehead atoms. The molecule has 0 fully saturated rings. The predicted molar refractivity (Wildman–Crippen MR) is 67.5 cm³/mol. The van der Waals surface area contributed by atoms with Gasteiger partial charge >= 0.3 is 0 Å². The maximum absolute atomic E-state index is 9.24. The smallest absolute Gasteiger partial charge is 0.161 e. The van der Waals surface area contributed by atoms with Gasteiger partial charge in [-0.05, 0) is 36.1 Å². The highest BCUT2D eigenvalue weighted by Crippen LogP contribution is 2.35. The van der Waals surface area contributed by atoms with E-state index in [1.165, 1.54) is 0 Å². The summed E-state index contributed by atoms with van der Waals surface area (Å²) in [5, 5.41) is 9.24. The summed E-state index contributed by atoms with van der Waals surface area (Å²) in [6.45, 7) is 6.08. The van der Waals surface area contributed by atoms with Crippen molar-refractivity contribution in [2.45, 2.75) is 26.7 Å². The van der Waals surface area contributed by atoms with Crippen molar-refractivity contribution in [3.05, 3.63) is 23.3 Å². The summed E-state index contributed by atoms with van der Waals surface area (Å²) < 4.78 is 10.5. The van der Waals surface area contributed by atoms with Gasteiger partial charge in [-0.3, -0.25) is 0 Å². The fourth-order valence-electron chi connectivity index (χ4n) is 1.91. The number of nitrogens with zero attached hydrogens (tertiary/aromatic N) is 1. The lowest BCUT2D eigenvalue weighted by atomic mass is 9.87. The molecule has 0 aromatic heterocycles. The van der Waals surface area contributed by atoms with Gasteiger partial charge in [-0.15, -0.1) is 0 Å². The molecule has 0 amide bonds. The maximum atomic E-state index is 9.24. The second-order valence-corrected chi connectivity index (χ2v) is 4.41. The van der Waals surface area contributed by atoms with E-state index in [2.05, 4.69) is 6.07 Å². The predicted octanol–water partition coefficient (Wildman–Crippen LogP) is 3.28. The first-order chi connectivity index (χ1) is 8.04. The number of ether oxygens (including phenoxy) is 2. The normalized spacial score (nSPS) is 12.1. The van der Waals surface area contributed by atoms with Crippen LogP contribution in [-0.2, 0) is 0 Å². The Labute approximate surface area is 103 Å². The first-order valence-electron chi connectivity index (χ1n) is 5.67. The Balaban J connectivity index is 3.30. The monoisotopic (exact) mass is 233 g/mol. The minimum atomic E-state index is -0.116. The van der Waals surface area contributed by atoms with E-state index in [9.17, 15) is 5.26 Å². The average molecular weight is 233 g/mol. The molecule has 0 heterocycles. The lowest BCUT2D eigenvalue weighted by molar-refractivity contribution is 0.353. The van der Waals surface area contributed by atoms with Gasteiger partial charge in [0, 0.05) is 0 Å². The first-order valence-corrected chi connectivity index (χ1v) is 5.67. The summed E-state index contributed by atoms with van der Waals surface area (Å²) in [7, 11) is 3.22. The van der Waals surface area contributed by atoms with E-state index in [4.69, 9.17) is 9.47 Å². The van der Waals surface area contributed by atoms with Gasteiger partial charge in [0.05, 0.1) is 26.2 Å². The molecule has 0 N–H and O–H groups in total. The van der Waals surface area contributed by atoms with Crippen molar-refractivity contribution in [1.82, 2.24) is 0 Å². The zero-order valence-electron chi connectivity index (χ0n) is 11.1. The number of rotatable bonds is 4. The Kier molecular flexibility index (Phi) is 4.39. The van der Waals surface area contributed by atoms with E-state index >= 15 is 0 Å². The lowest BCUT2D eigenvalue weighted by Crippen LogP contribution is -2.07. The zero-order chi connectivity index (χ0) is 13.0. The largest absolute Gasteiger partial charge is 0.493 e. The van der Waals surface area contributed by atoms with Gasteiger partial charge in [-0.2, -0.15) is 5.26 Å². The second kappa shape index (κ2) is 5.58. The molecule has 0 radical (unpaired) electrons. The molecule has 1 rings (SSSR count). The van der Waals surface area contributed by atoms with Crippen molar-refractivity contribution in [2.75, 3.05) is 14.2 Å². The Bertz CT molecular complexity index is 433. The number of benzene rings is 1. The summed E-state index contributed by atoms with van der Waals surface area (Å²) in [6.07, 6.45) is 0. The fourth-order valence-corrected chi connectivity index (χ4v) is 1.91. The maximum Gasteiger partial charge on any atom is 0.161 e. The summed E-state index contributed by atoms with van der Waals surface area (Å²) in [6, 6.07) is 6.17. The van der Waals surface area contributed by atoms with Crippen LogP contribution in [0.25, 0.3) is 0 Å². The van der Waals surface area contributed by atoms with Crippen molar-refractivity contribution < 1.29 is 9.47 Å². The molecule has 0 saturated carbocycles. The van der Waals surface area contributed by atoms with Crippen LogP contribution < -0.4 is 9.47 Å². The first kappa shape index (κ1) is 13.4. The highest BCUT2D eigenvalue weighted by atomic mass is 16.5. The molecular weight excluding hydrogens is 214 g/mol. The average Bonchev–Trinajstić information content (AvgIpc) is 2.31. The van der Waals surface area contributed by atoms with Crippen molar-refractivity contribution >= 4 is 0 Å². The minimum absolute atomic E-state index is 0.116. The molecule has 1 aromatic rings. The third kappa shape index (κ3) is 2.71. The Morgan fingerprint density at radius 2 is 1.65 bits per heavy atom. The molecule has 1 unspecified atom stereocenters. The van der Waals surface area contributed by atoms with Crippen molar-refractivity contribution in [3.8, 4) is 17.6 Å². The fraction of sp³-hybridized carbons (Fsp3) is 0.500. The molecule has 17 heavy (non-hydrogen) atoms. The van der Waals surface area contributed by atoms with Gasteiger partial charge in [-0.1, -0.05) is 13.8 Å². The van der Waals surface area contributed by atoms with Crippen LogP contribution in [0.5, 0.6) is 11.5 Å². The Morgan fingerprint density at radius 1 is 1.12 bits per heavy atom. The molecule has 3 heteroatoms. The molecular formula is C14H19NO2. The third-order valence-corrected chi connectivity index (χ3v) is 2.91. The van der Waals surface area contributed by atoms with Crippen molar-refractivity contribution in [3.63, 3.8) is 0 Å². The standard InChI is InChI=1S/C14H19NO2/c1-9(2)12(8-15)11-7-14(17-5)13(16-4)6-10(11)3/h6-7,9,12H,1-5H3. The summed E-state index contributed by atoms with van der Waals surface area (Å²) in [5.74, 6) is 1.54. The summed E-state index contributed by atoms with van der Waals surface area (Å²) in [4.78, 5) is 0. The van der Waals surface area contributed by atoms with E-state index in [1.54, 1.807) is 14.2 Å². The molecule has 1 atom stereocenters. The Morgan fingerprint density at radius 3 is 2.06 bits per heavy atom. The van der Waals surface area contributed by atoms with Crippen LogP contribution >= 0.6 is 0 Å². The Hall–Kier alpha value is -1.69. The SMILES string of the molecule is COc1cc(C)c(C(C#N)C(C)C)cc1OC. The van der Waals surface area contributed by atoms with Gasteiger partial charge in [0.2, 0.25) is 0 Å². The van der Waals surface area contributed by atoms with Crippen LogP contribution in [0.4, 0.5) is 0 Å². The number of methoxy groups -OCH3 is 2. The van der Waals surface area contributed by atoms with Crippen molar-refractivity contribution in [1.29, 1.82) is 5.26 Å². The van der Waals surface area contributed by atoms with E-state index < -0.39 is 0 Å². The number of aryl methyl sites for hydroxylation is 1. The van der Waals surface area contributed by atoms with Crippen LogP contribution in [0.3, 0.4) is 0 Å². The number of hydrogen-bond donors (Lipinski definition) is 0. The molecule has 3 nitrogen and oxygen atoms in total. The van der Waals surface area contributed by atoms with E-state index in [-0.39, 0.29) is 11.8 Å². The van der Waals surface area contributed by atoms with Crippen molar-refractivity contribution in [2.24, 2.45) is 5.92 Å². The minimum Gasteiger partial charge on any atom is -0.493 e. The number of hydrogen-bond acceptors (Lipinski definition) is 3. The van der Waals surface area contributed by atoms with E-state index in [1.807, 2.05) is 32.9 Å². The van der Waals surface area contributed by atoms with E-state index in [0.717, 1.165) is 11.1 Å². The number of nitriles is 1. The van der Waals surface area contributed by atoms with Gasteiger partial charge in [0.15, 0.2) is 11.5 Å². The lowest BCUT2D eigenvalue weighted by Gasteiger charge is -2.18. The van der Waals surface area contributed by atoms with Crippen LogP contribution in [0.15, 0.2) is 12.1 Å². The quantitative estimate of drug-likeness (QED) is 0.801. The van der Waals surface area contributed by atoms with Gasteiger partial charge in [0.25, 0.3) is 0 Å². The van der Waals surface area contributed by atoms with Crippen LogP contribution in [0, 0.1) is 24.2 Å². The summed E-state index contributed by atoms with van der Waals surface area (Å²) in [5.41, 5.74) is 2.07. The molecule has 0 spiro atoms. The molecule has 0 saturated heterocycles. The topological polar surface area (TPSA) is 42.2 Å².